The summed E-state index contributed by atoms with van der Waals surface area (Å²) in [5.41, 5.74) is -0.123. The minimum absolute atomic E-state index is 0.123. The molecule has 1 saturated carbocycles. The Hall–Kier alpha value is -1.82. The van der Waals surface area contributed by atoms with E-state index in [2.05, 4.69) is 0 Å². The largest absolute Gasteiger partial charge is 0.386 e. The lowest BCUT2D eigenvalue weighted by atomic mass is 10.1. The Morgan fingerprint density at radius 1 is 1.26 bits per heavy atom. The maximum atomic E-state index is 13.5. The Bertz CT molecular complexity index is 555. The zero-order valence-corrected chi connectivity index (χ0v) is 9.85. The van der Waals surface area contributed by atoms with Crippen LogP contribution in [0.15, 0.2) is 18.2 Å². The topological polar surface area (TPSA) is 57.6 Å². The average molecular weight is 267 g/mol. The fourth-order valence-corrected chi connectivity index (χ4v) is 2.47. The van der Waals surface area contributed by atoms with E-state index in [9.17, 15) is 23.5 Å². The highest BCUT2D eigenvalue weighted by Crippen LogP contribution is 2.47. The second kappa shape index (κ2) is 4.09. The normalized spacial score (nSPS) is 26.6. The number of aliphatic hydroxyl groups is 1. The number of carbonyl (C=O) groups is 2. The van der Waals surface area contributed by atoms with Crippen molar-refractivity contribution in [3.63, 3.8) is 0 Å². The van der Waals surface area contributed by atoms with Gasteiger partial charge in [0.25, 0.3) is 0 Å². The van der Waals surface area contributed by atoms with Gasteiger partial charge in [-0.05, 0) is 12.5 Å². The minimum Gasteiger partial charge on any atom is -0.386 e. The summed E-state index contributed by atoms with van der Waals surface area (Å²) in [4.78, 5) is 24.4. The van der Waals surface area contributed by atoms with E-state index in [0.717, 1.165) is 17.0 Å². The van der Waals surface area contributed by atoms with Crippen LogP contribution < -0.4 is 0 Å². The van der Waals surface area contributed by atoms with Gasteiger partial charge in [-0.15, -0.1) is 0 Å². The summed E-state index contributed by atoms with van der Waals surface area (Å²) in [6.07, 6.45) is -0.763. The van der Waals surface area contributed by atoms with Crippen LogP contribution in [-0.4, -0.2) is 28.4 Å². The zero-order chi connectivity index (χ0) is 13.7. The van der Waals surface area contributed by atoms with Gasteiger partial charge in [0, 0.05) is 11.6 Å². The van der Waals surface area contributed by atoms with Crippen molar-refractivity contribution in [3.05, 3.63) is 35.4 Å². The van der Waals surface area contributed by atoms with Crippen LogP contribution in [0.2, 0.25) is 0 Å². The number of piperidine rings is 1. The number of benzene rings is 1. The molecule has 0 radical (unpaired) electrons. The van der Waals surface area contributed by atoms with E-state index in [1.807, 2.05) is 0 Å². The number of likely N-dealkylation sites (tertiary alicyclic amines) is 1. The zero-order valence-electron chi connectivity index (χ0n) is 9.85. The van der Waals surface area contributed by atoms with Gasteiger partial charge >= 0.3 is 0 Å². The third kappa shape index (κ3) is 1.92. The molecule has 2 fully saturated rings. The van der Waals surface area contributed by atoms with E-state index in [1.165, 1.54) is 0 Å². The fraction of sp³-hybridized carbons (Fsp3) is 0.385. The Balaban J connectivity index is 1.76. The van der Waals surface area contributed by atoms with Crippen LogP contribution in [-0.2, 0) is 9.59 Å². The van der Waals surface area contributed by atoms with Crippen molar-refractivity contribution >= 4 is 11.8 Å². The molecule has 19 heavy (non-hydrogen) atoms. The van der Waals surface area contributed by atoms with Crippen molar-refractivity contribution in [2.45, 2.75) is 12.5 Å². The molecule has 0 bridgehead atoms. The Morgan fingerprint density at radius 2 is 1.89 bits per heavy atom. The maximum absolute atomic E-state index is 13.5. The number of imide groups is 1. The van der Waals surface area contributed by atoms with Crippen LogP contribution in [0.25, 0.3) is 0 Å². The number of amides is 2. The van der Waals surface area contributed by atoms with Gasteiger partial charge in [0.15, 0.2) is 0 Å². The molecule has 1 saturated heterocycles. The summed E-state index contributed by atoms with van der Waals surface area (Å²) < 4.78 is 26.2. The van der Waals surface area contributed by atoms with Gasteiger partial charge in [0.2, 0.25) is 11.8 Å². The summed E-state index contributed by atoms with van der Waals surface area (Å²) in [6.45, 7) is -0.285. The highest BCUT2D eigenvalue weighted by molar-refractivity contribution is 6.08. The first-order valence-corrected chi connectivity index (χ1v) is 5.97. The third-order valence-electron chi connectivity index (χ3n) is 3.63. The fourth-order valence-electron chi connectivity index (χ4n) is 2.47. The summed E-state index contributed by atoms with van der Waals surface area (Å²) in [7, 11) is 0. The molecular weight excluding hydrogens is 256 g/mol. The van der Waals surface area contributed by atoms with Gasteiger partial charge in [0.1, 0.15) is 11.6 Å². The maximum Gasteiger partial charge on any atom is 0.233 e. The van der Waals surface area contributed by atoms with Gasteiger partial charge < -0.3 is 5.11 Å². The predicted octanol–water partition coefficient (Wildman–Crippen LogP) is 1.00. The highest BCUT2D eigenvalue weighted by Gasteiger charge is 2.58. The Morgan fingerprint density at radius 3 is 2.47 bits per heavy atom. The quantitative estimate of drug-likeness (QED) is 0.831. The van der Waals surface area contributed by atoms with Crippen molar-refractivity contribution in [1.82, 2.24) is 4.90 Å². The average Bonchev–Trinajstić information content (AvgIpc) is 3.09. The molecule has 1 aromatic rings. The summed E-state index contributed by atoms with van der Waals surface area (Å²) in [5, 5.41) is 9.88. The number of rotatable bonds is 3. The van der Waals surface area contributed by atoms with Gasteiger partial charge in [0.05, 0.1) is 24.5 Å². The van der Waals surface area contributed by atoms with Gasteiger partial charge in [-0.25, -0.2) is 8.78 Å². The molecule has 1 aliphatic carbocycles. The lowest BCUT2D eigenvalue weighted by molar-refractivity contribution is -0.143. The van der Waals surface area contributed by atoms with Crippen molar-refractivity contribution in [2.24, 2.45) is 11.8 Å². The first kappa shape index (κ1) is 12.2. The van der Waals surface area contributed by atoms with E-state index < -0.39 is 17.7 Å². The highest BCUT2D eigenvalue weighted by atomic mass is 19.1. The third-order valence-corrected chi connectivity index (χ3v) is 3.63. The second-order valence-corrected chi connectivity index (χ2v) is 4.92. The molecule has 3 unspecified atom stereocenters. The lowest BCUT2D eigenvalue weighted by Crippen LogP contribution is -2.36. The van der Waals surface area contributed by atoms with Crippen LogP contribution in [0.4, 0.5) is 8.78 Å². The molecule has 1 heterocycles. The monoisotopic (exact) mass is 267 g/mol. The molecule has 1 N–H and O–H groups in total. The second-order valence-electron chi connectivity index (χ2n) is 4.92. The van der Waals surface area contributed by atoms with E-state index in [4.69, 9.17) is 0 Å². The first-order chi connectivity index (χ1) is 8.99. The molecule has 1 aliphatic heterocycles. The lowest BCUT2D eigenvalue weighted by Gasteiger charge is -2.20. The molecule has 2 aliphatic rings. The number of hydrogen-bond acceptors (Lipinski definition) is 3. The van der Waals surface area contributed by atoms with Crippen LogP contribution in [0.5, 0.6) is 0 Å². The molecule has 3 atom stereocenters. The first-order valence-electron chi connectivity index (χ1n) is 5.97. The number of nitrogens with zero attached hydrogens (tertiary/aromatic N) is 1. The van der Waals surface area contributed by atoms with E-state index in [0.29, 0.717) is 12.5 Å². The molecule has 6 heteroatoms. The molecule has 4 nitrogen and oxygen atoms in total. The summed E-state index contributed by atoms with van der Waals surface area (Å²) >= 11 is 0. The van der Waals surface area contributed by atoms with Crippen LogP contribution in [0.3, 0.4) is 0 Å². The number of β-amino-alcohol motifs (C(OH)–C–C–N with tert-alkyl or cyclic N) is 1. The molecule has 0 spiro atoms. The molecule has 3 rings (SSSR count). The Labute approximate surface area is 107 Å². The Kier molecular flexibility index (Phi) is 2.63. The molecular formula is C13H11F2NO3. The van der Waals surface area contributed by atoms with E-state index in [1.54, 1.807) is 0 Å². The number of carbonyl (C=O) groups excluding carboxylic acids is 2. The number of hydrogen-bond donors (Lipinski definition) is 1. The van der Waals surface area contributed by atoms with Gasteiger partial charge in [-0.3, -0.25) is 14.5 Å². The summed E-state index contributed by atoms with van der Waals surface area (Å²) in [6, 6.07) is 2.79. The number of fused-ring (bicyclic) bond motifs is 1. The van der Waals surface area contributed by atoms with Crippen molar-refractivity contribution < 1.29 is 23.5 Å². The summed E-state index contributed by atoms with van der Waals surface area (Å²) in [5.74, 6) is -2.76. The molecule has 0 aromatic heterocycles. The van der Waals surface area contributed by atoms with Crippen LogP contribution in [0, 0.1) is 23.5 Å². The van der Waals surface area contributed by atoms with E-state index >= 15 is 0 Å². The molecule has 100 valence electrons. The predicted molar refractivity (Wildman–Crippen MR) is 59.6 cm³/mol. The SMILES string of the molecule is O=C1C2CC2C(=O)N1CC(O)c1ccc(F)cc1F. The number of halogens is 2. The minimum atomic E-state index is -1.34. The van der Waals surface area contributed by atoms with Crippen molar-refractivity contribution in [3.8, 4) is 0 Å². The van der Waals surface area contributed by atoms with Gasteiger partial charge in [-0.2, -0.15) is 0 Å². The van der Waals surface area contributed by atoms with Crippen LogP contribution in [0.1, 0.15) is 18.1 Å². The van der Waals surface area contributed by atoms with Crippen molar-refractivity contribution in [1.29, 1.82) is 0 Å². The van der Waals surface area contributed by atoms with Crippen molar-refractivity contribution in [2.75, 3.05) is 6.54 Å². The standard InChI is InChI=1S/C13H11F2NO3/c14-6-1-2-7(10(15)3-6)11(17)5-16-12(18)8-4-9(8)13(16)19/h1-3,8-9,11,17H,4-5H2. The van der Waals surface area contributed by atoms with Gasteiger partial charge in [-0.1, -0.05) is 6.07 Å². The number of aliphatic hydroxyl groups excluding tert-OH is 1. The molecule has 1 aromatic carbocycles. The van der Waals surface area contributed by atoms with Crippen LogP contribution >= 0.6 is 0 Å². The van der Waals surface area contributed by atoms with E-state index in [-0.39, 0.29) is 35.8 Å². The smallest absolute Gasteiger partial charge is 0.233 e. The molecule has 2 amide bonds.